The van der Waals surface area contributed by atoms with Crippen LogP contribution in [0, 0.1) is 11.8 Å². The van der Waals surface area contributed by atoms with Gasteiger partial charge < -0.3 is 4.90 Å². The largest absolute Gasteiger partial charge is 0.303 e. The summed E-state index contributed by atoms with van der Waals surface area (Å²) in [6.07, 6.45) is 3.29. The summed E-state index contributed by atoms with van der Waals surface area (Å²) in [6, 6.07) is 0. The molecule has 0 bridgehead atoms. The van der Waals surface area contributed by atoms with E-state index in [2.05, 4.69) is 23.5 Å². The van der Waals surface area contributed by atoms with Crippen molar-refractivity contribution in [2.75, 3.05) is 39.3 Å². The van der Waals surface area contributed by atoms with Gasteiger partial charge in [-0.3, -0.25) is 0 Å². The van der Waals surface area contributed by atoms with Gasteiger partial charge in [-0.1, -0.05) is 27.7 Å². The molecule has 0 spiro atoms. The van der Waals surface area contributed by atoms with Gasteiger partial charge in [0.05, 0.1) is 0 Å². The summed E-state index contributed by atoms with van der Waals surface area (Å²) < 4.78 is 28.1. The average molecular weight is 320 g/mol. The Morgan fingerprint density at radius 2 is 1.67 bits per heavy atom. The predicted octanol–water partition coefficient (Wildman–Crippen LogP) is 1.92. The van der Waals surface area contributed by atoms with Crippen LogP contribution in [-0.4, -0.2) is 56.9 Å². The van der Waals surface area contributed by atoms with E-state index in [0.717, 1.165) is 31.2 Å². The zero-order valence-corrected chi connectivity index (χ0v) is 15.0. The van der Waals surface area contributed by atoms with Crippen LogP contribution < -0.4 is 4.72 Å². The first kappa shape index (κ1) is 18.9. The number of nitrogens with one attached hydrogen (secondary N) is 1. The van der Waals surface area contributed by atoms with Crippen molar-refractivity contribution in [3.63, 3.8) is 0 Å². The van der Waals surface area contributed by atoms with E-state index in [1.165, 1.54) is 23.8 Å². The number of likely N-dealkylation sites (tertiary alicyclic amines) is 1. The Morgan fingerprint density at radius 1 is 1.10 bits per heavy atom. The molecule has 0 saturated carbocycles. The highest BCUT2D eigenvalue weighted by molar-refractivity contribution is 7.87. The molecule has 1 aliphatic heterocycles. The zero-order chi connectivity index (χ0) is 15.9. The fourth-order valence-electron chi connectivity index (χ4n) is 3.29. The molecule has 1 saturated heterocycles. The van der Waals surface area contributed by atoms with Crippen LogP contribution in [-0.2, 0) is 10.2 Å². The molecule has 0 aromatic heterocycles. The van der Waals surface area contributed by atoms with Crippen LogP contribution >= 0.6 is 0 Å². The molecule has 0 aromatic carbocycles. The van der Waals surface area contributed by atoms with Gasteiger partial charge in [0.25, 0.3) is 10.2 Å². The molecule has 0 radical (unpaired) electrons. The third-order valence-corrected chi connectivity index (χ3v) is 5.94. The summed E-state index contributed by atoms with van der Waals surface area (Å²) in [4.78, 5) is 2.53. The Kier molecular flexibility index (Phi) is 8.16. The van der Waals surface area contributed by atoms with Gasteiger partial charge in [0.2, 0.25) is 0 Å². The quantitative estimate of drug-likeness (QED) is 0.661. The molecule has 1 aliphatic rings. The van der Waals surface area contributed by atoms with Crippen molar-refractivity contribution >= 4 is 10.2 Å². The Hall–Kier alpha value is -0.170. The van der Waals surface area contributed by atoms with Crippen LogP contribution in [0.15, 0.2) is 0 Å². The Labute approximate surface area is 131 Å². The van der Waals surface area contributed by atoms with Crippen LogP contribution in [0.3, 0.4) is 0 Å². The third-order valence-electron chi connectivity index (χ3n) is 4.18. The SMILES string of the molecule is CCN(CC)S(=O)(=O)NCCCCN1CC(C)CC(C)C1. The van der Waals surface area contributed by atoms with Crippen molar-refractivity contribution in [3.8, 4) is 0 Å². The van der Waals surface area contributed by atoms with Crippen molar-refractivity contribution in [3.05, 3.63) is 0 Å². The maximum atomic E-state index is 11.9. The van der Waals surface area contributed by atoms with Gasteiger partial charge >= 0.3 is 0 Å². The number of piperidine rings is 1. The molecule has 0 aromatic rings. The van der Waals surface area contributed by atoms with Crippen LogP contribution in [0.1, 0.15) is 47.0 Å². The second kappa shape index (κ2) is 9.08. The van der Waals surface area contributed by atoms with Gasteiger partial charge in [0, 0.05) is 32.7 Å². The highest BCUT2D eigenvalue weighted by Crippen LogP contribution is 2.20. The van der Waals surface area contributed by atoms with E-state index in [1.54, 1.807) is 0 Å². The lowest BCUT2D eigenvalue weighted by Gasteiger charge is -2.34. The first-order chi connectivity index (χ1) is 9.89. The van der Waals surface area contributed by atoms with Crippen molar-refractivity contribution in [1.29, 1.82) is 0 Å². The Bertz CT molecular complexity index is 372. The fraction of sp³-hybridized carbons (Fsp3) is 1.00. The average Bonchev–Trinajstić information content (AvgIpc) is 2.38. The molecule has 0 aliphatic carbocycles. The standard InChI is InChI=1S/C15H33N3O2S/c1-5-18(6-2)21(19,20)16-9-7-8-10-17-12-14(3)11-15(4)13-17/h14-16H,5-13H2,1-4H3. The van der Waals surface area contributed by atoms with Crippen molar-refractivity contribution < 1.29 is 8.42 Å². The van der Waals surface area contributed by atoms with Crippen LogP contribution in [0.25, 0.3) is 0 Å². The van der Waals surface area contributed by atoms with Gasteiger partial charge in [-0.25, -0.2) is 4.72 Å². The highest BCUT2D eigenvalue weighted by Gasteiger charge is 2.21. The third kappa shape index (κ3) is 6.63. The van der Waals surface area contributed by atoms with E-state index in [4.69, 9.17) is 0 Å². The Morgan fingerprint density at radius 3 is 2.19 bits per heavy atom. The second-order valence-electron chi connectivity index (χ2n) is 6.40. The summed E-state index contributed by atoms with van der Waals surface area (Å²) in [7, 11) is -3.28. The minimum atomic E-state index is -3.28. The van der Waals surface area contributed by atoms with Gasteiger partial charge in [-0.2, -0.15) is 12.7 Å². The van der Waals surface area contributed by atoms with E-state index in [0.29, 0.717) is 19.6 Å². The number of hydrogen-bond acceptors (Lipinski definition) is 3. The van der Waals surface area contributed by atoms with Gasteiger partial charge in [-0.05, 0) is 37.6 Å². The van der Waals surface area contributed by atoms with E-state index < -0.39 is 10.2 Å². The second-order valence-corrected chi connectivity index (χ2v) is 8.15. The molecule has 1 N–H and O–H groups in total. The number of unbranched alkanes of at least 4 members (excludes halogenated alkanes) is 1. The minimum Gasteiger partial charge on any atom is -0.303 e. The van der Waals surface area contributed by atoms with Crippen molar-refractivity contribution in [1.82, 2.24) is 13.9 Å². The molecule has 126 valence electrons. The van der Waals surface area contributed by atoms with Crippen molar-refractivity contribution in [2.45, 2.75) is 47.0 Å². The van der Waals surface area contributed by atoms with Crippen LogP contribution in [0.5, 0.6) is 0 Å². The molecule has 1 heterocycles. The molecule has 5 nitrogen and oxygen atoms in total. The lowest BCUT2D eigenvalue weighted by Crippen LogP contribution is -2.41. The highest BCUT2D eigenvalue weighted by atomic mass is 32.2. The molecular formula is C15H33N3O2S. The predicted molar refractivity (Wildman–Crippen MR) is 88.5 cm³/mol. The molecule has 6 heteroatoms. The smallest absolute Gasteiger partial charge is 0.279 e. The van der Waals surface area contributed by atoms with Crippen LogP contribution in [0.4, 0.5) is 0 Å². The normalized spacial score (nSPS) is 24.6. The van der Waals surface area contributed by atoms with E-state index in [1.807, 2.05) is 13.8 Å². The summed E-state index contributed by atoms with van der Waals surface area (Å²) >= 11 is 0. The summed E-state index contributed by atoms with van der Waals surface area (Å²) in [5.41, 5.74) is 0. The maximum Gasteiger partial charge on any atom is 0.279 e. The maximum absolute atomic E-state index is 11.9. The first-order valence-corrected chi connectivity index (χ1v) is 9.80. The lowest BCUT2D eigenvalue weighted by atomic mass is 9.92. The molecule has 21 heavy (non-hydrogen) atoms. The van der Waals surface area contributed by atoms with Gasteiger partial charge in [-0.15, -0.1) is 0 Å². The summed E-state index contributed by atoms with van der Waals surface area (Å²) in [5, 5.41) is 0. The molecule has 1 rings (SSSR count). The summed E-state index contributed by atoms with van der Waals surface area (Å²) in [6.45, 7) is 13.4. The number of hydrogen-bond donors (Lipinski definition) is 1. The van der Waals surface area contributed by atoms with E-state index in [9.17, 15) is 8.42 Å². The molecule has 0 amide bonds. The van der Waals surface area contributed by atoms with E-state index in [-0.39, 0.29) is 0 Å². The molecule has 2 atom stereocenters. The monoisotopic (exact) mass is 319 g/mol. The minimum absolute atomic E-state index is 0.523. The molecule has 2 unspecified atom stereocenters. The first-order valence-electron chi connectivity index (χ1n) is 8.36. The Balaban J connectivity index is 2.20. The van der Waals surface area contributed by atoms with Gasteiger partial charge in [0.15, 0.2) is 0 Å². The molecule has 1 fully saturated rings. The van der Waals surface area contributed by atoms with Gasteiger partial charge in [0.1, 0.15) is 0 Å². The zero-order valence-electron chi connectivity index (χ0n) is 14.1. The summed E-state index contributed by atoms with van der Waals surface area (Å²) in [5.74, 6) is 1.57. The van der Waals surface area contributed by atoms with Crippen LogP contribution in [0.2, 0.25) is 0 Å². The van der Waals surface area contributed by atoms with Crippen molar-refractivity contribution in [2.24, 2.45) is 11.8 Å². The number of rotatable bonds is 9. The van der Waals surface area contributed by atoms with E-state index >= 15 is 0 Å². The topological polar surface area (TPSA) is 52.7 Å². The lowest BCUT2D eigenvalue weighted by molar-refractivity contribution is 0.139. The fourth-order valence-corrected chi connectivity index (χ4v) is 4.56. The molecular weight excluding hydrogens is 286 g/mol. The number of nitrogens with zero attached hydrogens (tertiary/aromatic N) is 2.